The number of aryl methyl sites for hydroxylation is 4. The van der Waals surface area contributed by atoms with E-state index in [1.165, 1.54) is 11.6 Å². The van der Waals surface area contributed by atoms with Crippen LogP contribution in [0.1, 0.15) is 157 Å². The molecule has 786 valence electrons. The SMILES string of the molecule is CN1CCC(NC(=O)NCc2cc(Cl)ccc2Cl)CC1.CN1CCC(NC(=O)NCc2ccc(Oc3ccccc3)cc2)CC1.Cc1c(Cl)cccc1CNC(=O)NC1CCN(C)CC1.Cc1cc(CNC(=O)NC2CCN(C)CC2)ccc1Cl.Cc1ccc(CNC(=O)NC2CCN(C)CC2)cc1Cl.Cc1ccc(CNC(=O)NC2CCN(C)CC2)cc1F.Cc1cccc(CNC(=O)NC2CCN(C)CC2)c1. The zero-order valence-electron chi connectivity index (χ0n) is 86.1. The highest BCUT2D eigenvalue weighted by Gasteiger charge is 2.26. The first-order valence-electron chi connectivity index (χ1n) is 50.5. The summed E-state index contributed by atoms with van der Waals surface area (Å²) in [4.78, 5) is 99.0. The Morgan fingerprint density at radius 3 is 0.938 bits per heavy atom. The second-order valence-electron chi connectivity index (χ2n) is 38.9. The van der Waals surface area contributed by atoms with Gasteiger partial charge in [-0.1, -0.05) is 167 Å². The number of hydrogen-bond acceptors (Lipinski definition) is 15. The second kappa shape index (κ2) is 63.2. The van der Waals surface area contributed by atoms with Crippen LogP contribution in [0.15, 0.2) is 170 Å². The van der Waals surface area contributed by atoms with Crippen LogP contribution in [0, 0.1) is 40.4 Å². The van der Waals surface area contributed by atoms with Crippen LogP contribution in [0.25, 0.3) is 0 Å². The molecule has 7 saturated heterocycles. The van der Waals surface area contributed by atoms with Gasteiger partial charge < -0.3 is 113 Å². The molecule has 144 heavy (non-hydrogen) atoms. The number of urea groups is 7. The molecule has 8 aromatic rings. The number of carbonyl (C=O) groups excluding carboxylic acids is 7. The lowest BCUT2D eigenvalue weighted by Crippen LogP contribution is -2.46. The summed E-state index contributed by atoms with van der Waals surface area (Å²) in [6.45, 7) is 27.5. The number of likely N-dealkylation sites (tertiary alicyclic amines) is 7. The average Bonchev–Trinajstić information content (AvgIpc) is 0.862. The molecule has 0 unspecified atom stereocenters. The zero-order chi connectivity index (χ0) is 104. The maximum atomic E-state index is 13.4. The first kappa shape index (κ1) is 117. The van der Waals surface area contributed by atoms with Crippen LogP contribution in [0.2, 0.25) is 25.1 Å². The van der Waals surface area contributed by atoms with Crippen LogP contribution in [0.3, 0.4) is 0 Å². The van der Waals surface area contributed by atoms with Crippen LogP contribution < -0.4 is 79.2 Å². The van der Waals surface area contributed by atoms with Crippen molar-refractivity contribution in [2.75, 3.05) is 141 Å². The largest absolute Gasteiger partial charge is 0.457 e. The number of amides is 14. The first-order chi connectivity index (χ1) is 69.0. The van der Waals surface area contributed by atoms with Gasteiger partial charge in [0.15, 0.2) is 0 Å². The van der Waals surface area contributed by atoms with Crippen molar-refractivity contribution in [3.05, 3.63) is 268 Å². The molecule has 0 atom stereocenters. The topological polar surface area (TPSA) is 320 Å². The third-order valence-corrected chi connectivity index (χ3v) is 28.4. The molecule has 7 aliphatic heterocycles. The Morgan fingerprint density at radius 2 is 0.576 bits per heavy atom. The van der Waals surface area contributed by atoms with E-state index in [4.69, 9.17) is 62.7 Å². The number of carbonyl (C=O) groups is 7. The van der Waals surface area contributed by atoms with Crippen LogP contribution in [-0.2, 0) is 45.8 Å². The monoisotopic (exact) mass is 2080 g/mol. The normalized spacial score (nSPS) is 16.7. The number of rotatable bonds is 23. The van der Waals surface area contributed by atoms with Gasteiger partial charge >= 0.3 is 42.2 Å². The summed E-state index contributed by atoms with van der Waals surface area (Å²) in [5, 5.41) is 44.7. The van der Waals surface area contributed by atoms with Crippen LogP contribution >= 0.6 is 58.0 Å². The van der Waals surface area contributed by atoms with Crippen molar-refractivity contribution in [3.63, 3.8) is 0 Å². The highest BCUT2D eigenvalue weighted by molar-refractivity contribution is 6.34. The van der Waals surface area contributed by atoms with Gasteiger partial charge in [-0.05, 0) is 393 Å². The lowest BCUT2D eigenvalue weighted by Gasteiger charge is -2.29. The predicted octanol–water partition coefficient (Wildman–Crippen LogP) is 17.8. The van der Waals surface area contributed by atoms with Crippen LogP contribution in [0.4, 0.5) is 38.0 Å². The van der Waals surface area contributed by atoms with Gasteiger partial charge in [0, 0.05) is 113 Å². The van der Waals surface area contributed by atoms with E-state index >= 15 is 0 Å². The van der Waals surface area contributed by atoms with Gasteiger partial charge in [-0.2, -0.15) is 0 Å². The highest BCUT2D eigenvalue weighted by atomic mass is 35.5. The first-order valence-corrected chi connectivity index (χ1v) is 52.4. The standard InChI is InChI=1S/C20H25N3O2.3C15H22ClN3O.C15H22FN3O.C15H23N3O.C14H19Cl2N3O/c1-23-13-11-17(12-14-23)22-20(24)21-15-16-7-9-19(10-8-16)25-18-5-3-2-4-6-18;1-11-9-12(3-4-14(11)16)10-17-15(20)18-13-5-7-19(2)8-6-13;1-11-3-4-12(9-14(11)16)10-17-15(20)18-13-5-7-19(2)8-6-13;1-11-12(4-3-5-14(11)16)10-17-15(20)18-13-6-8-19(2)9-7-13;1-11-3-4-12(9-14(11)16)10-17-15(20)18-13-5-7-19(2)8-6-13;1-12-4-3-5-13(10-12)11-16-15(19)17-14-6-8-18(2)9-7-14;1-19-6-4-12(5-7-19)18-14(20)17-9-10-8-11(15)2-3-13(10)16/h2-10,17H,11-15H2,1H3,(H2,21,22,24);2*3-4,9,13H,5-8,10H2,1-2H3,(H2,17,18,20);3-5,13H,6-10H2,1-2H3,(H2,17,18,20);3-4,9,13H,5-8,10H2,1-2H3,(H2,17,18,20);3-5,10,14H,6-9,11H2,1-2H3,(H2,16,17,19);2-3,8,12H,4-7,9H2,1H3,(H2,17,18,20). The fourth-order valence-corrected chi connectivity index (χ4v) is 17.8. The summed E-state index contributed by atoms with van der Waals surface area (Å²) in [5.74, 6) is 1.36. The number of ether oxygens (including phenoxy) is 1. The smallest absolute Gasteiger partial charge is 0.315 e. The molecule has 15 rings (SSSR count). The van der Waals surface area contributed by atoms with Gasteiger partial charge in [-0.25, -0.2) is 38.0 Å². The molecule has 35 heteroatoms. The molecule has 7 aliphatic rings. The van der Waals surface area contributed by atoms with Crippen molar-refractivity contribution in [1.82, 2.24) is 109 Å². The molecule has 0 aliphatic carbocycles. The third-order valence-electron chi connectivity index (χ3n) is 26.6. The Kier molecular flexibility index (Phi) is 51.4. The molecule has 7 fully saturated rings. The number of hydrogen-bond donors (Lipinski definition) is 14. The molecule has 14 amide bonds. The van der Waals surface area contributed by atoms with Crippen molar-refractivity contribution in [1.29, 1.82) is 0 Å². The summed E-state index contributed by atoms with van der Waals surface area (Å²) in [6, 6.07) is 54.4. The minimum atomic E-state index is -0.236. The van der Waals surface area contributed by atoms with E-state index in [9.17, 15) is 38.0 Å². The van der Waals surface area contributed by atoms with Crippen molar-refractivity contribution in [2.24, 2.45) is 0 Å². The van der Waals surface area contributed by atoms with Gasteiger partial charge in [0.2, 0.25) is 0 Å². The number of halogens is 6. The average molecular weight is 2080 g/mol. The fourth-order valence-electron chi connectivity index (χ4n) is 16.9. The van der Waals surface area contributed by atoms with Crippen molar-refractivity contribution in [2.45, 2.75) is 213 Å². The summed E-state index contributed by atoms with van der Waals surface area (Å²) < 4.78 is 19.1. The quantitative estimate of drug-likeness (QED) is 0.0283. The lowest BCUT2D eigenvalue weighted by atomic mass is 10.1. The molecular weight excluding hydrogens is 1930 g/mol. The molecule has 0 bridgehead atoms. The summed E-state index contributed by atoms with van der Waals surface area (Å²) >= 11 is 30.1. The summed E-state index contributed by atoms with van der Waals surface area (Å²) in [6.07, 6.45) is 14.1. The lowest BCUT2D eigenvalue weighted by molar-refractivity contribution is 0.213. The predicted molar refractivity (Wildman–Crippen MR) is 582 cm³/mol. The van der Waals surface area contributed by atoms with Crippen molar-refractivity contribution >= 4 is 100 Å². The van der Waals surface area contributed by atoms with E-state index in [2.05, 4.69) is 177 Å². The molecule has 0 spiro atoms. The van der Waals surface area contributed by atoms with Gasteiger partial charge in [-0.15, -0.1) is 0 Å². The maximum absolute atomic E-state index is 13.4. The van der Waals surface area contributed by atoms with E-state index in [1.54, 1.807) is 31.2 Å². The minimum absolute atomic E-state index is 0.0592. The van der Waals surface area contributed by atoms with E-state index in [1.807, 2.05) is 148 Å². The van der Waals surface area contributed by atoms with Gasteiger partial charge in [0.1, 0.15) is 17.3 Å². The van der Waals surface area contributed by atoms with Crippen molar-refractivity contribution in [3.8, 4) is 11.5 Å². The molecule has 7 heterocycles. The molecule has 0 radical (unpaired) electrons. The summed E-state index contributed by atoms with van der Waals surface area (Å²) in [7, 11) is 14.7. The fraction of sp³-hybridized carbons (Fsp3) is 0.495. The molecule has 29 nitrogen and oxygen atoms in total. The van der Waals surface area contributed by atoms with E-state index in [0.717, 1.165) is 264 Å². The van der Waals surface area contributed by atoms with E-state index in [0.29, 0.717) is 67.5 Å². The number of nitrogens with one attached hydrogen (secondary N) is 14. The Labute approximate surface area is 878 Å². The number of para-hydroxylation sites is 1. The Morgan fingerprint density at radius 1 is 0.271 bits per heavy atom. The van der Waals surface area contributed by atoms with Crippen LogP contribution in [-0.4, -0.2) is 260 Å². The second-order valence-corrected chi connectivity index (χ2v) is 41.0. The Hall–Kier alpha value is -10.4. The zero-order valence-corrected chi connectivity index (χ0v) is 89.9. The van der Waals surface area contributed by atoms with E-state index in [-0.39, 0.29) is 84.3 Å². The summed E-state index contributed by atoms with van der Waals surface area (Å²) in [5.41, 5.74) is 11.8. The Balaban J connectivity index is 0.000000188. The molecule has 8 aromatic carbocycles. The minimum Gasteiger partial charge on any atom is -0.457 e. The highest BCUT2D eigenvalue weighted by Crippen LogP contribution is 2.26. The van der Waals surface area contributed by atoms with Gasteiger partial charge in [-0.3, -0.25) is 0 Å². The number of piperidine rings is 7. The number of benzene rings is 8. The van der Waals surface area contributed by atoms with E-state index < -0.39 is 0 Å². The maximum Gasteiger partial charge on any atom is 0.315 e. The van der Waals surface area contributed by atoms with Gasteiger partial charge in [0.05, 0.1) is 0 Å². The third kappa shape index (κ3) is 46.1. The Bertz CT molecular complexity index is 5000. The number of nitrogens with zero attached hydrogens (tertiary/aromatic N) is 7. The molecule has 0 aromatic heterocycles. The molecule has 14 N–H and O–H groups in total. The van der Waals surface area contributed by atoms with Crippen LogP contribution in [0.5, 0.6) is 11.5 Å². The molecular formula is C109H155Cl5FN21O8. The van der Waals surface area contributed by atoms with Gasteiger partial charge in [0.25, 0.3) is 0 Å². The van der Waals surface area contributed by atoms with Crippen molar-refractivity contribution < 1.29 is 42.7 Å². The molecule has 0 saturated carbocycles.